The van der Waals surface area contributed by atoms with Crippen LogP contribution in [0.1, 0.15) is 22.4 Å². The van der Waals surface area contributed by atoms with E-state index in [1.807, 2.05) is 50.2 Å². The second-order valence-electron chi connectivity index (χ2n) is 6.95. The Hall–Kier alpha value is -4.11. The number of carbonyl (C=O) groups excluding carboxylic acids is 1. The first-order valence-electron chi connectivity index (χ1n) is 9.71. The topological polar surface area (TPSA) is 84.2 Å². The van der Waals surface area contributed by atoms with Crippen molar-refractivity contribution in [1.82, 2.24) is 4.98 Å². The van der Waals surface area contributed by atoms with E-state index in [0.29, 0.717) is 18.0 Å². The number of rotatable bonds is 7. The summed E-state index contributed by atoms with van der Waals surface area (Å²) in [5.74, 6) is 0.979. The molecule has 6 heteroatoms. The number of nitriles is 1. The zero-order valence-corrected chi connectivity index (χ0v) is 17.7. The van der Waals surface area contributed by atoms with Gasteiger partial charge in [0.2, 0.25) is 0 Å². The molecule has 1 aromatic heterocycles. The van der Waals surface area contributed by atoms with E-state index in [2.05, 4.69) is 10.3 Å². The molecule has 0 saturated carbocycles. The summed E-state index contributed by atoms with van der Waals surface area (Å²) < 4.78 is 11.1. The SMILES string of the molecule is COc1ccc(NC(=O)C(C#N)=Cc2cc(C)c(OCc3ccccn3)c(C)c2)cc1. The van der Waals surface area contributed by atoms with Crippen LogP contribution >= 0.6 is 0 Å². The summed E-state index contributed by atoms with van der Waals surface area (Å²) >= 11 is 0. The molecule has 0 saturated heterocycles. The number of nitrogens with one attached hydrogen (secondary N) is 1. The number of pyridine rings is 1. The molecule has 0 aliphatic carbocycles. The van der Waals surface area contributed by atoms with Gasteiger partial charge in [0.15, 0.2) is 0 Å². The van der Waals surface area contributed by atoms with E-state index in [9.17, 15) is 10.1 Å². The van der Waals surface area contributed by atoms with Crippen LogP contribution in [0.5, 0.6) is 11.5 Å². The molecule has 0 spiro atoms. The van der Waals surface area contributed by atoms with E-state index in [1.165, 1.54) is 0 Å². The van der Waals surface area contributed by atoms with Gasteiger partial charge in [-0.15, -0.1) is 0 Å². The van der Waals surface area contributed by atoms with Crippen LogP contribution in [0.2, 0.25) is 0 Å². The average molecular weight is 413 g/mol. The lowest BCUT2D eigenvalue weighted by atomic mass is 10.0. The summed E-state index contributed by atoms with van der Waals surface area (Å²) in [6.07, 6.45) is 3.30. The van der Waals surface area contributed by atoms with Gasteiger partial charge in [-0.25, -0.2) is 0 Å². The van der Waals surface area contributed by atoms with Crippen molar-refractivity contribution in [2.75, 3.05) is 12.4 Å². The van der Waals surface area contributed by atoms with E-state index in [0.717, 1.165) is 28.1 Å². The van der Waals surface area contributed by atoms with Gasteiger partial charge in [0.05, 0.1) is 12.8 Å². The number of aryl methyl sites for hydroxylation is 2. The first kappa shape index (κ1) is 21.6. The van der Waals surface area contributed by atoms with Crippen molar-refractivity contribution in [3.63, 3.8) is 0 Å². The molecule has 0 atom stereocenters. The van der Waals surface area contributed by atoms with Gasteiger partial charge < -0.3 is 14.8 Å². The number of nitrogens with zero attached hydrogens (tertiary/aromatic N) is 2. The van der Waals surface area contributed by atoms with Gasteiger partial charge >= 0.3 is 0 Å². The molecular weight excluding hydrogens is 390 g/mol. The average Bonchev–Trinajstić information content (AvgIpc) is 2.78. The highest BCUT2D eigenvalue weighted by Gasteiger charge is 2.12. The highest BCUT2D eigenvalue weighted by molar-refractivity contribution is 6.09. The van der Waals surface area contributed by atoms with E-state index in [1.54, 1.807) is 43.6 Å². The van der Waals surface area contributed by atoms with Crippen molar-refractivity contribution in [3.05, 3.63) is 88.8 Å². The maximum Gasteiger partial charge on any atom is 0.266 e. The molecule has 0 fully saturated rings. The molecule has 0 aliphatic rings. The predicted molar refractivity (Wildman–Crippen MR) is 120 cm³/mol. The molecule has 0 unspecified atom stereocenters. The number of hydrogen-bond donors (Lipinski definition) is 1. The molecule has 156 valence electrons. The molecule has 31 heavy (non-hydrogen) atoms. The maximum atomic E-state index is 12.5. The summed E-state index contributed by atoms with van der Waals surface area (Å²) in [5.41, 5.74) is 4.01. The fraction of sp³-hybridized carbons (Fsp3) is 0.160. The van der Waals surface area contributed by atoms with Crippen molar-refractivity contribution < 1.29 is 14.3 Å². The maximum absolute atomic E-state index is 12.5. The lowest BCUT2D eigenvalue weighted by Crippen LogP contribution is -2.13. The standard InChI is InChI=1S/C25H23N3O3/c1-17-12-19(13-18(2)24(17)31-16-22-6-4-5-11-27-22)14-20(15-26)25(29)28-21-7-9-23(30-3)10-8-21/h4-14H,16H2,1-3H3,(H,28,29). The van der Waals surface area contributed by atoms with Gasteiger partial charge in [0.1, 0.15) is 29.7 Å². The van der Waals surface area contributed by atoms with Gasteiger partial charge in [-0.05, 0) is 85.1 Å². The number of ether oxygens (including phenoxy) is 2. The Morgan fingerprint density at radius 1 is 1.13 bits per heavy atom. The fourth-order valence-corrected chi connectivity index (χ4v) is 3.11. The third-order valence-electron chi connectivity index (χ3n) is 4.60. The Bertz CT molecular complexity index is 1110. The molecule has 1 amide bonds. The van der Waals surface area contributed by atoms with Gasteiger partial charge in [-0.1, -0.05) is 6.07 Å². The number of aromatic nitrogens is 1. The van der Waals surface area contributed by atoms with E-state index in [4.69, 9.17) is 9.47 Å². The fourth-order valence-electron chi connectivity index (χ4n) is 3.11. The molecule has 6 nitrogen and oxygen atoms in total. The third-order valence-corrected chi connectivity index (χ3v) is 4.60. The summed E-state index contributed by atoms with van der Waals surface area (Å²) in [6.45, 7) is 4.23. The van der Waals surface area contributed by atoms with Crippen molar-refractivity contribution in [2.24, 2.45) is 0 Å². The molecule has 1 N–H and O–H groups in total. The van der Waals surface area contributed by atoms with Crippen LogP contribution in [0.3, 0.4) is 0 Å². The van der Waals surface area contributed by atoms with Crippen molar-refractivity contribution in [2.45, 2.75) is 20.5 Å². The highest BCUT2D eigenvalue weighted by Crippen LogP contribution is 2.27. The van der Waals surface area contributed by atoms with Crippen LogP contribution in [0.4, 0.5) is 5.69 Å². The molecule has 3 aromatic rings. The Kier molecular flexibility index (Phi) is 7.02. The van der Waals surface area contributed by atoms with Crippen LogP contribution in [0, 0.1) is 25.2 Å². The molecule has 0 aliphatic heterocycles. The number of benzene rings is 2. The van der Waals surface area contributed by atoms with E-state index in [-0.39, 0.29) is 5.57 Å². The third kappa shape index (κ3) is 5.71. The quantitative estimate of drug-likeness (QED) is 0.443. The molecule has 0 bridgehead atoms. The van der Waals surface area contributed by atoms with Crippen molar-refractivity contribution >= 4 is 17.7 Å². The largest absolute Gasteiger partial charge is 0.497 e. The summed E-state index contributed by atoms with van der Waals surface area (Å²) in [7, 11) is 1.57. The lowest BCUT2D eigenvalue weighted by molar-refractivity contribution is -0.112. The zero-order valence-electron chi connectivity index (χ0n) is 17.7. The van der Waals surface area contributed by atoms with Gasteiger partial charge in [0.25, 0.3) is 5.91 Å². The Morgan fingerprint density at radius 3 is 2.42 bits per heavy atom. The summed E-state index contributed by atoms with van der Waals surface area (Å²) in [6, 6.07) is 18.3. The predicted octanol–water partition coefficient (Wildman–Crippen LogP) is 4.83. The number of methoxy groups -OCH3 is 1. The van der Waals surface area contributed by atoms with E-state index < -0.39 is 5.91 Å². The first-order chi connectivity index (χ1) is 15.0. The lowest BCUT2D eigenvalue weighted by Gasteiger charge is -2.13. The second-order valence-corrected chi connectivity index (χ2v) is 6.95. The van der Waals surface area contributed by atoms with Crippen molar-refractivity contribution in [1.29, 1.82) is 5.26 Å². The van der Waals surface area contributed by atoms with Crippen LogP contribution in [-0.2, 0) is 11.4 Å². The van der Waals surface area contributed by atoms with Crippen molar-refractivity contribution in [3.8, 4) is 17.6 Å². The van der Waals surface area contributed by atoms with Gasteiger partial charge in [-0.3, -0.25) is 9.78 Å². The molecule has 2 aromatic carbocycles. The van der Waals surface area contributed by atoms with Crippen LogP contribution in [-0.4, -0.2) is 18.0 Å². The van der Waals surface area contributed by atoms with Gasteiger partial charge in [-0.2, -0.15) is 5.26 Å². The number of hydrogen-bond acceptors (Lipinski definition) is 5. The summed E-state index contributed by atoms with van der Waals surface area (Å²) in [5, 5.41) is 12.2. The molecular formula is C25H23N3O3. The Labute approximate surface area is 181 Å². The minimum Gasteiger partial charge on any atom is -0.497 e. The Morgan fingerprint density at radius 2 is 1.84 bits per heavy atom. The molecule has 3 rings (SSSR count). The highest BCUT2D eigenvalue weighted by atomic mass is 16.5. The van der Waals surface area contributed by atoms with Crippen LogP contribution in [0.25, 0.3) is 6.08 Å². The number of carbonyl (C=O) groups is 1. The number of amides is 1. The monoisotopic (exact) mass is 413 g/mol. The second kappa shape index (κ2) is 10.1. The Balaban J connectivity index is 1.75. The van der Waals surface area contributed by atoms with E-state index >= 15 is 0 Å². The first-order valence-corrected chi connectivity index (χ1v) is 9.71. The number of anilines is 1. The normalized spacial score (nSPS) is 10.8. The smallest absolute Gasteiger partial charge is 0.266 e. The minimum absolute atomic E-state index is 0.0109. The minimum atomic E-state index is -0.474. The van der Waals surface area contributed by atoms with Gasteiger partial charge in [0, 0.05) is 11.9 Å². The van der Waals surface area contributed by atoms with Crippen LogP contribution in [0.15, 0.2) is 66.4 Å². The zero-order chi connectivity index (χ0) is 22.2. The molecule has 0 radical (unpaired) electrons. The van der Waals surface area contributed by atoms with Crippen LogP contribution < -0.4 is 14.8 Å². The summed E-state index contributed by atoms with van der Waals surface area (Å²) in [4.78, 5) is 16.8. The molecule has 1 heterocycles.